The molecule has 1 fully saturated rings. The maximum Gasteiger partial charge on any atom is 0.258 e. The summed E-state index contributed by atoms with van der Waals surface area (Å²) < 4.78 is 32.7. The second-order valence-corrected chi connectivity index (χ2v) is 11.0. The maximum absolute atomic E-state index is 12.8. The number of hydrogen-bond acceptors (Lipinski definition) is 6. The third-order valence-electron chi connectivity index (χ3n) is 6.04. The molecule has 0 spiro atoms. The van der Waals surface area contributed by atoms with Crippen LogP contribution in [0.5, 0.6) is 5.75 Å². The predicted octanol–water partition coefficient (Wildman–Crippen LogP) is 3.92. The van der Waals surface area contributed by atoms with Gasteiger partial charge in [0.25, 0.3) is 5.91 Å². The van der Waals surface area contributed by atoms with Gasteiger partial charge in [-0.05, 0) is 67.3 Å². The molecule has 10 heteroatoms. The number of nitrogens with zero attached hydrogens (tertiary/aromatic N) is 2. The lowest BCUT2D eigenvalue weighted by atomic mass is 10.0. The van der Waals surface area contributed by atoms with Crippen molar-refractivity contribution >= 4 is 44.1 Å². The van der Waals surface area contributed by atoms with Crippen LogP contribution in [0.25, 0.3) is 10.9 Å². The standard InChI is InChI=1S/C25H29ClN4O4S/c1-18-9-14-30(15-10-18)35(32,33)21-5-3-20(4-6-21)34-17-25(31)29-13-12-28-23-8-11-27-24-16-19(26)2-7-22(23)24/h2-8,11,16,18H,9-10,12-15,17H2,1H3,(H,27,28)(H,29,31). The molecule has 35 heavy (non-hydrogen) atoms. The average molecular weight is 517 g/mol. The number of aromatic nitrogens is 1. The molecule has 1 aliphatic rings. The van der Waals surface area contributed by atoms with Crippen molar-refractivity contribution in [1.29, 1.82) is 0 Å². The molecule has 0 aliphatic carbocycles. The minimum atomic E-state index is -3.51. The van der Waals surface area contributed by atoms with Gasteiger partial charge in [0, 0.05) is 48.5 Å². The fraction of sp³-hybridized carbons (Fsp3) is 0.360. The Morgan fingerprint density at radius 1 is 1.11 bits per heavy atom. The van der Waals surface area contributed by atoms with Crippen LogP contribution >= 0.6 is 11.6 Å². The van der Waals surface area contributed by atoms with Crippen LogP contribution in [0.1, 0.15) is 19.8 Å². The van der Waals surface area contributed by atoms with Crippen LogP contribution in [0, 0.1) is 5.92 Å². The van der Waals surface area contributed by atoms with Gasteiger partial charge in [-0.15, -0.1) is 0 Å². The summed E-state index contributed by atoms with van der Waals surface area (Å²) in [6.45, 7) is 4.00. The first-order chi connectivity index (χ1) is 16.8. The largest absolute Gasteiger partial charge is 0.484 e. The number of pyridine rings is 1. The Bertz CT molecular complexity index is 1280. The molecule has 1 amide bonds. The van der Waals surface area contributed by atoms with Crippen molar-refractivity contribution in [2.75, 3.05) is 38.1 Å². The van der Waals surface area contributed by atoms with Crippen LogP contribution in [0.2, 0.25) is 5.02 Å². The monoisotopic (exact) mass is 516 g/mol. The molecule has 0 saturated carbocycles. The normalized spacial score (nSPS) is 15.1. The average Bonchev–Trinajstić information content (AvgIpc) is 2.85. The molecule has 1 aliphatic heterocycles. The number of carbonyl (C=O) groups is 1. The molecular formula is C25H29ClN4O4S. The van der Waals surface area contributed by atoms with E-state index in [0.29, 0.717) is 42.9 Å². The molecule has 2 heterocycles. The Morgan fingerprint density at radius 3 is 2.60 bits per heavy atom. The number of sulfonamides is 1. The molecular weight excluding hydrogens is 488 g/mol. The van der Waals surface area contributed by atoms with E-state index in [4.69, 9.17) is 16.3 Å². The zero-order chi connectivity index (χ0) is 24.8. The highest BCUT2D eigenvalue weighted by molar-refractivity contribution is 7.89. The number of piperidine rings is 1. The van der Waals surface area contributed by atoms with Crippen LogP contribution in [0.4, 0.5) is 5.69 Å². The molecule has 0 bridgehead atoms. The Kier molecular flexibility index (Phi) is 8.10. The summed E-state index contributed by atoms with van der Waals surface area (Å²) >= 11 is 6.02. The summed E-state index contributed by atoms with van der Waals surface area (Å²) in [4.78, 5) is 16.7. The van der Waals surface area contributed by atoms with Crippen molar-refractivity contribution < 1.29 is 17.9 Å². The second kappa shape index (κ2) is 11.2. The Hall–Kier alpha value is -2.88. The quantitative estimate of drug-likeness (QED) is 0.418. The number of halogens is 1. The molecule has 1 saturated heterocycles. The molecule has 0 unspecified atom stereocenters. The van der Waals surface area contributed by atoms with Crippen molar-refractivity contribution in [3.8, 4) is 5.75 Å². The first kappa shape index (κ1) is 25.2. The van der Waals surface area contributed by atoms with E-state index in [1.165, 1.54) is 16.4 Å². The van der Waals surface area contributed by atoms with E-state index in [1.54, 1.807) is 24.4 Å². The van der Waals surface area contributed by atoms with Gasteiger partial charge in [0.1, 0.15) is 5.75 Å². The lowest BCUT2D eigenvalue weighted by Crippen LogP contribution is -2.37. The van der Waals surface area contributed by atoms with Crippen LogP contribution in [-0.2, 0) is 14.8 Å². The molecule has 1 aromatic heterocycles. The highest BCUT2D eigenvalue weighted by atomic mass is 35.5. The van der Waals surface area contributed by atoms with Gasteiger partial charge in [0.15, 0.2) is 6.61 Å². The van der Waals surface area contributed by atoms with E-state index in [1.807, 2.05) is 18.2 Å². The summed E-state index contributed by atoms with van der Waals surface area (Å²) in [6, 6.07) is 13.6. The number of nitrogens with one attached hydrogen (secondary N) is 2. The Labute approximate surface area is 210 Å². The van der Waals surface area contributed by atoms with Crippen LogP contribution < -0.4 is 15.4 Å². The molecule has 2 N–H and O–H groups in total. The molecule has 186 valence electrons. The number of hydrogen-bond donors (Lipinski definition) is 2. The smallest absolute Gasteiger partial charge is 0.258 e. The lowest BCUT2D eigenvalue weighted by Gasteiger charge is -2.29. The zero-order valence-corrected chi connectivity index (χ0v) is 21.1. The van der Waals surface area contributed by atoms with Crippen molar-refractivity contribution in [3.05, 3.63) is 59.8 Å². The van der Waals surface area contributed by atoms with Crippen LogP contribution in [-0.4, -0.2) is 56.4 Å². The summed E-state index contributed by atoms with van der Waals surface area (Å²) in [5.41, 5.74) is 1.70. The van der Waals surface area contributed by atoms with E-state index in [9.17, 15) is 13.2 Å². The van der Waals surface area contributed by atoms with E-state index in [0.717, 1.165) is 29.4 Å². The van der Waals surface area contributed by atoms with Gasteiger partial charge in [-0.25, -0.2) is 8.42 Å². The SMILES string of the molecule is CC1CCN(S(=O)(=O)c2ccc(OCC(=O)NCCNc3ccnc4cc(Cl)ccc34)cc2)CC1. The number of amides is 1. The van der Waals surface area contributed by atoms with E-state index in [-0.39, 0.29) is 17.4 Å². The molecule has 8 nitrogen and oxygen atoms in total. The molecule has 2 aromatic carbocycles. The van der Waals surface area contributed by atoms with Gasteiger partial charge in [-0.1, -0.05) is 18.5 Å². The third-order valence-corrected chi connectivity index (χ3v) is 8.19. The topological polar surface area (TPSA) is 101 Å². The number of benzene rings is 2. The van der Waals surface area contributed by atoms with E-state index >= 15 is 0 Å². The molecule has 3 aromatic rings. The number of ether oxygens (including phenoxy) is 1. The van der Waals surface area contributed by atoms with E-state index < -0.39 is 10.0 Å². The van der Waals surface area contributed by atoms with Crippen molar-refractivity contribution in [1.82, 2.24) is 14.6 Å². The third kappa shape index (κ3) is 6.42. The zero-order valence-electron chi connectivity index (χ0n) is 19.5. The van der Waals surface area contributed by atoms with Crippen LogP contribution in [0.3, 0.4) is 0 Å². The summed E-state index contributed by atoms with van der Waals surface area (Å²) in [5.74, 6) is 0.720. The first-order valence-electron chi connectivity index (χ1n) is 11.6. The minimum Gasteiger partial charge on any atom is -0.484 e. The van der Waals surface area contributed by atoms with Crippen LogP contribution in [0.15, 0.2) is 59.6 Å². The number of anilines is 1. The predicted molar refractivity (Wildman–Crippen MR) is 137 cm³/mol. The van der Waals surface area contributed by atoms with Gasteiger partial charge in [0.2, 0.25) is 10.0 Å². The highest BCUT2D eigenvalue weighted by Crippen LogP contribution is 2.25. The van der Waals surface area contributed by atoms with E-state index in [2.05, 4.69) is 22.5 Å². The summed E-state index contributed by atoms with van der Waals surface area (Å²) in [6.07, 6.45) is 3.45. The van der Waals surface area contributed by atoms with Gasteiger partial charge < -0.3 is 15.4 Å². The second-order valence-electron chi connectivity index (χ2n) is 8.64. The summed E-state index contributed by atoms with van der Waals surface area (Å²) in [7, 11) is -3.51. The number of fused-ring (bicyclic) bond motifs is 1. The van der Waals surface area contributed by atoms with Gasteiger partial charge >= 0.3 is 0 Å². The van der Waals surface area contributed by atoms with Gasteiger partial charge in [0.05, 0.1) is 10.4 Å². The molecule has 0 atom stereocenters. The molecule has 0 radical (unpaired) electrons. The Balaban J connectivity index is 1.21. The van der Waals surface area contributed by atoms with Gasteiger partial charge in [-0.3, -0.25) is 9.78 Å². The number of carbonyl (C=O) groups excluding carboxylic acids is 1. The van der Waals surface area contributed by atoms with Crippen molar-refractivity contribution in [3.63, 3.8) is 0 Å². The Morgan fingerprint density at radius 2 is 1.86 bits per heavy atom. The fourth-order valence-corrected chi connectivity index (χ4v) is 5.59. The summed E-state index contributed by atoms with van der Waals surface area (Å²) in [5, 5.41) is 7.66. The molecule has 4 rings (SSSR count). The lowest BCUT2D eigenvalue weighted by molar-refractivity contribution is -0.123. The number of rotatable bonds is 9. The first-order valence-corrected chi connectivity index (χ1v) is 13.4. The van der Waals surface area contributed by atoms with Crippen molar-refractivity contribution in [2.24, 2.45) is 5.92 Å². The van der Waals surface area contributed by atoms with Crippen molar-refractivity contribution in [2.45, 2.75) is 24.7 Å². The minimum absolute atomic E-state index is 0.160. The highest BCUT2D eigenvalue weighted by Gasteiger charge is 2.27. The fourth-order valence-electron chi connectivity index (χ4n) is 3.96. The van der Waals surface area contributed by atoms with Gasteiger partial charge in [-0.2, -0.15) is 4.31 Å². The maximum atomic E-state index is 12.8.